The molecule has 0 saturated carbocycles. The molecule has 1 aromatic rings. The molecule has 0 aromatic carbocycles. The quantitative estimate of drug-likeness (QED) is 0.549. The van der Waals surface area contributed by atoms with E-state index in [0.717, 1.165) is 0 Å². The second-order valence-corrected chi connectivity index (χ2v) is 5.00. The lowest BCUT2D eigenvalue weighted by molar-refractivity contribution is 0.557. The maximum Gasteiger partial charge on any atom is 0.339 e. The molecule has 2 N–H and O–H groups in total. The number of aryl methyl sites for hydroxylation is 1. The van der Waals surface area contributed by atoms with Crippen LogP contribution in [0.4, 0.5) is 0 Å². The van der Waals surface area contributed by atoms with Crippen molar-refractivity contribution in [3.8, 4) is 6.07 Å². The molecule has 1 unspecified atom stereocenters. The fourth-order valence-corrected chi connectivity index (χ4v) is 2.15. The number of H-pyrrole nitrogens is 1. The van der Waals surface area contributed by atoms with Gasteiger partial charge in [0, 0.05) is 18.8 Å². The second-order valence-electron chi connectivity index (χ2n) is 4.01. The predicted molar refractivity (Wildman–Crippen MR) is 68.5 cm³/mol. The number of thioether (sulfide) groups is 1. The van der Waals surface area contributed by atoms with Crippen LogP contribution in [-0.4, -0.2) is 32.6 Å². The van der Waals surface area contributed by atoms with Crippen LogP contribution in [0, 0.1) is 11.3 Å². The highest BCUT2D eigenvalue weighted by atomic mass is 32.2. The van der Waals surface area contributed by atoms with Crippen LogP contribution in [0.3, 0.4) is 0 Å². The Balaban J connectivity index is 2.75. The molecule has 0 radical (unpaired) electrons. The zero-order valence-electron chi connectivity index (χ0n) is 10.4. The number of hydrogen-bond acceptors (Lipinski definition) is 6. The highest BCUT2D eigenvalue weighted by molar-refractivity contribution is 7.99. The summed E-state index contributed by atoms with van der Waals surface area (Å²) in [6.45, 7) is 3.89. The minimum Gasteiger partial charge on any atom is -0.299 e. The van der Waals surface area contributed by atoms with Gasteiger partial charge in [-0.2, -0.15) is 10.2 Å². The normalized spacial score (nSPS) is 12.4. The summed E-state index contributed by atoms with van der Waals surface area (Å²) >= 11 is 1.24. The molecule has 0 aliphatic carbocycles. The largest absolute Gasteiger partial charge is 0.339 e. The van der Waals surface area contributed by atoms with Gasteiger partial charge in [-0.15, -0.1) is 0 Å². The first-order valence-corrected chi connectivity index (χ1v) is 6.38. The van der Waals surface area contributed by atoms with Crippen molar-refractivity contribution in [2.75, 3.05) is 5.75 Å². The molecule has 18 heavy (non-hydrogen) atoms. The van der Waals surface area contributed by atoms with Gasteiger partial charge in [0.1, 0.15) is 6.04 Å². The molecule has 0 spiro atoms. The molecule has 0 bridgehead atoms. The van der Waals surface area contributed by atoms with Gasteiger partial charge in [-0.1, -0.05) is 11.8 Å². The van der Waals surface area contributed by atoms with Crippen LogP contribution < -0.4 is 16.4 Å². The van der Waals surface area contributed by atoms with Gasteiger partial charge in [-0.05, 0) is 13.8 Å². The number of nitrogens with zero attached hydrogens (tertiary/aromatic N) is 3. The Morgan fingerprint density at radius 2 is 2.22 bits per heavy atom. The maximum atomic E-state index is 11.1. The molecule has 1 rings (SSSR count). The van der Waals surface area contributed by atoms with E-state index in [9.17, 15) is 9.59 Å². The molecular weight excluding hydrogens is 254 g/mol. The summed E-state index contributed by atoms with van der Waals surface area (Å²) in [5.74, 6) is 0.445. The third kappa shape index (κ3) is 4.01. The molecule has 0 fully saturated rings. The van der Waals surface area contributed by atoms with E-state index in [4.69, 9.17) is 5.26 Å². The van der Waals surface area contributed by atoms with Gasteiger partial charge >= 0.3 is 11.1 Å². The minimum atomic E-state index is -0.819. The average molecular weight is 269 g/mol. The summed E-state index contributed by atoms with van der Waals surface area (Å²) in [6.07, 6.45) is 0. The number of nitriles is 1. The standard InChI is InChI=1S/C10H15N5O2S/c1-6(2)12-7(4-11)5-18-10-13-8(16)9(17)14-15(10)3/h6-7,12H,5H2,1-3H3,(H,14,17). The highest BCUT2D eigenvalue weighted by Gasteiger charge is 2.11. The van der Waals surface area contributed by atoms with E-state index in [2.05, 4.69) is 21.5 Å². The molecule has 1 heterocycles. The molecule has 0 saturated heterocycles. The topological polar surface area (TPSA) is 104 Å². The molecule has 7 nitrogen and oxygen atoms in total. The van der Waals surface area contributed by atoms with Gasteiger partial charge in [0.15, 0.2) is 5.16 Å². The second kappa shape index (κ2) is 6.37. The molecule has 8 heteroatoms. The van der Waals surface area contributed by atoms with Crippen molar-refractivity contribution in [1.29, 1.82) is 5.26 Å². The van der Waals surface area contributed by atoms with Gasteiger partial charge < -0.3 is 0 Å². The van der Waals surface area contributed by atoms with Crippen molar-refractivity contribution in [3.63, 3.8) is 0 Å². The summed E-state index contributed by atoms with van der Waals surface area (Å²) in [5.41, 5.74) is -1.57. The van der Waals surface area contributed by atoms with Crippen LogP contribution in [0.2, 0.25) is 0 Å². The SMILES string of the molecule is CC(C)NC(C#N)CSc1nc(=O)c(=O)[nH]n1C. The third-order valence-corrected chi connectivity index (χ3v) is 3.14. The summed E-state index contributed by atoms with van der Waals surface area (Å²) in [6, 6.07) is 1.99. The lowest BCUT2D eigenvalue weighted by Gasteiger charge is -2.14. The maximum absolute atomic E-state index is 11.1. The predicted octanol–water partition coefficient (Wildman–Crippen LogP) is -0.549. The molecule has 0 aliphatic rings. The molecular formula is C10H15N5O2S. The first-order chi connectivity index (χ1) is 8.43. The highest BCUT2D eigenvalue weighted by Crippen LogP contribution is 2.12. The first kappa shape index (κ1) is 14.5. The van der Waals surface area contributed by atoms with E-state index < -0.39 is 11.1 Å². The summed E-state index contributed by atoms with van der Waals surface area (Å²) in [4.78, 5) is 25.8. The Hall–Kier alpha value is -1.59. The van der Waals surface area contributed by atoms with Crippen molar-refractivity contribution in [3.05, 3.63) is 20.7 Å². The van der Waals surface area contributed by atoms with Gasteiger partial charge in [0.2, 0.25) is 0 Å². The van der Waals surface area contributed by atoms with Crippen LogP contribution in [0.1, 0.15) is 13.8 Å². The number of hydrogen-bond donors (Lipinski definition) is 2. The molecule has 98 valence electrons. The first-order valence-electron chi connectivity index (χ1n) is 5.40. The lowest BCUT2D eigenvalue weighted by Crippen LogP contribution is -2.36. The van der Waals surface area contributed by atoms with E-state index in [1.807, 2.05) is 13.8 Å². The lowest BCUT2D eigenvalue weighted by atomic mass is 10.3. The van der Waals surface area contributed by atoms with Crippen molar-refractivity contribution in [2.45, 2.75) is 31.1 Å². The Bertz CT molecular complexity index is 557. The number of aromatic nitrogens is 3. The molecule has 0 aliphatic heterocycles. The van der Waals surface area contributed by atoms with Crippen LogP contribution in [0.15, 0.2) is 14.7 Å². The Morgan fingerprint density at radius 1 is 1.56 bits per heavy atom. The molecule has 0 amide bonds. The van der Waals surface area contributed by atoms with Crippen molar-refractivity contribution < 1.29 is 0 Å². The van der Waals surface area contributed by atoms with E-state index in [1.165, 1.54) is 16.4 Å². The Labute approximate surface area is 108 Å². The smallest absolute Gasteiger partial charge is 0.299 e. The molecule has 1 aromatic heterocycles. The van der Waals surface area contributed by atoms with E-state index in [1.54, 1.807) is 7.05 Å². The monoisotopic (exact) mass is 269 g/mol. The van der Waals surface area contributed by atoms with Crippen molar-refractivity contribution in [2.24, 2.45) is 7.05 Å². The number of nitrogens with one attached hydrogen (secondary N) is 2. The Morgan fingerprint density at radius 3 is 2.78 bits per heavy atom. The zero-order valence-corrected chi connectivity index (χ0v) is 11.2. The summed E-state index contributed by atoms with van der Waals surface area (Å²) in [7, 11) is 1.59. The molecule has 1 atom stereocenters. The summed E-state index contributed by atoms with van der Waals surface area (Å²) in [5, 5.41) is 14.8. The van der Waals surface area contributed by atoms with Crippen LogP contribution in [0.25, 0.3) is 0 Å². The van der Waals surface area contributed by atoms with Gasteiger partial charge in [-0.25, -0.2) is 0 Å². The van der Waals surface area contributed by atoms with Crippen molar-refractivity contribution >= 4 is 11.8 Å². The van der Waals surface area contributed by atoms with Gasteiger partial charge in [0.05, 0.1) is 6.07 Å². The fraction of sp³-hybridized carbons (Fsp3) is 0.600. The van der Waals surface area contributed by atoms with Gasteiger partial charge in [0.25, 0.3) is 0 Å². The van der Waals surface area contributed by atoms with Gasteiger partial charge in [-0.3, -0.25) is 24.7 Å². The van der Waals surface area contributed by atoms with E-state index in [-0.39, 0.29) is 12.1 Å². The van der Waals surface area contributed by atoms with Crippen LogP contribution in [-0.2, 0) is 7.05 Å². The average Bonchev–Trinajstić information content (AvgIpc) is 2.29. The zero-order chi connectivity index (χ0) is 13.7. The fourth-order valence-electron chi connectivity index (χ4n) is 1.27. The van der Waals surface area contributed by atoms with Crippen LogP contribution in [0.5, 0.6) is 0 Å². The number of aromatic amines is 1. The minimum absolute atomic E-state index is 0.197. The summed E-state index contributed by atoms with van der Waals surface area (Å²) < 4.78 is 1.37. The van der Waals surface area contributed by atoms with Crippen molar-refractivity contribution in [1.82, 2.24) is 20.1 Å². The van der Waals surface area contributed by atoms with Crippen LogP contribution >= 0.6 is 11.8 Å². The van der Waals surface area contributed by atoms with E-state index >= 15 is 0 Å². The number of rotatable bonds is 5. The Kier molecular flexibility index (Phi) is 5.12. The third-order valence-electron chi connectivity index (χ3n) is 2.02. The van der Waals surface area contributed by atoms with E-state index in [0.29, 0.717) is 10.9 Å².